The second-order valence-electron chi connectivity index (χ2n) is 3.81. The van der Waals surface area contributed by atoms with Gasteiger partial charge in [-0.15, -0.1) is 0 Å². The molecule has 0 aliphatic heterocycles. The van der Waals surface area contributed by atoms with E-state index in [0.717, 1.165) is 0 Å². The SMILES string of the molecule is [2H]C([2H])([2H])Oc1cc(Br)ccc1-n1c(CC)nc(C)c1F. The fraction of sp³-hybridized carbons (Fsp3) is 0.308. The van der Waals surface area contributed by atoms with Crippen LogP contribution in [0.4, 0.5) is 4.39 Å². The molecule has 1 aromatic heterocycles. The molecule has 0 spiro atoms. The summed E-state index contributed by atoms with van der Waals surface area (Å²) in [6, 6.07) is 4.78. The Morgan fingerprint density at radius 1 is 1.56 bits per heavy atom. The summed E-state index contributed by atoms with van der Waals surface area (Å²) in [5.41, 5.74) is 0.568. The molecule has 0 amide bonds. The lowest BCUT2D eigenvalue weighted by Crippen LogP contribution is -2.05. The summed E-state index contributed by atoms with van der Waals surface area (Å²) < 4.78 is 42.9. The number of aromatic nitrogens is 2. The molecule has 2 rings (SSSR count). The predicted molar refractivity (Wildman–Crippen MR) is 71.9 cm³/mol. The fourth-order valence-corrected chi connectivity index (χ4v) is 2.14. The topological polar surface area (TPSA) is 27.1 Å². The summed E-state index contributed by atoms with van der Waals surface area (Å²) in [6.45, 7) is 3.41. The Kier molecular flexibility index (Phi) is 2.71. The largest absolute Gasteiger partial charge is 0.495 e. The van der Waals surface area contributed by atoms with Gasteiger partial charge in [0.25, 0.3) is 0 Å². The highest BCUT2D eigenvalue weighted by Crippen LogP contribution is 2.29. The maximum Gasteiger partial charge on any atom is 0.221 e. The van der Waals surface area contributed by atoms with Crippen molar-refractivity contribution in [3.63, 3.8) is 0 Å². The third-order valence-electron chi connectivity index (χ3n) is 2.64. The minimum Gasteiger partial charge on any atom is -0.495 e. The molecule has 18 heavy (non-hydrogen) atoms. The van der Waals surface area contributed by atoms with Crippen molar-refractivity contribution in [1.29, 1.82) is 0 Å². The second-order valence-corrected chi connectivity index (χ2v) is 4.72. The molecule has 1 heterocycles. The van der Waals surface area contributed by atoms with Gasteiger partial charge in [-0.3, -0.25) is 4.57 Å². The number of nitrogens with zero attached hydrogens (tertiary/aromatic N) is 2. The van der Waals surface area contributed by atoms with Crippen LogP contribution in [0.1, 0.15) is 22.6 Å². The number of methoxy groups -OCH3 is 1. The molecule has 0 aliphatic rings. The Morgan fingerprint density at radius 2 is 2.33 bits per heavy atom. The number of rotatable bonds is 3. The maximum absolute atomic E-state index is 14.3. The van der Waals surface area contributed by atoms with E-state index in [9.17, 15) is 4.39 Å². The highest BCUT2D eigenvalue weighted by Gasteiger charge is 2.17. The summed E-state index contributed by atoms with van der Waals surface area (Å²) in [4.78, 5) is 4.15. The molecule has 0 aliphatic carbocycles. The third kappa shape index (κ3) is 2.14. The molecule has 0 atom stereocenters. The average Bonchev–Trinajstić information content (AvgIpc) is 2.64. The summed E-state index contributed by atoms with van der Waals surface area (Å²) in [7, 11) is -2.62. The van der Waals surface area contributed by atoms with Crippen molar-refractivity contribution in [3.05, 3.63) is 40.1 Å². The summed E-state index contributed by atoms with van der Waals surface area (Å²) in [5, 5.41) is 0. The van der Waals surface area contributed by atoms with Crippen LogP contribution in [0.5, 0.6) is 5.75 Å². The van der Waals surface area contributed by atoms with Crippen LogP contribution in [-0.2, 0) is 6.42 Å². The molecule has 0 fully saturated rings. The van der Waals surface area contributed by atoms with Gasteiger partial charge in [0.15, 0.2) is 0 Å². The number of halogens is 2. The van der Waals surface area contributed by atoms with Gasteiger partial charge >= 0.3 is 0 Å². The summed E-state index contributed by atoms with van der Waals surface area (Å²) >= 11 is 3.25. The van der Waals surface area contributed by atoms with Crippen LogP contribution in [0, 0.1) is 12.9 Å². The lowest BCUT2D eigenvalue weighted by molar-refractivity contribution is 0.409. The molecular weight excluding hydrogens is 299 g/mol. The van der Waals surface area contributed by atoms with Crippen LogP contribution >= 0.6 is 15.9 Å². The molecule has 1 aromatic carbocycles. The number of hydrogen-bond acceptors (Lipinski definition) is 2. The van der Waals surface area contributed by atoms with Gasteiger partial charge < -0.3 is 4.74 Å². The van der Waals surface area contributed by atoms with Crippen molar-refractivity contribution in [2.24, 2.45) is 0 Å². The van der Waals surface area contributed by atoms with Gasteiger partial charge in [-0.1, -0.05) is 22.9 Å². The van der Waals surface area contributed by atoms with Crippen LogP contribution < -0.4 is 4.74 Å². The number of hydrogen-bond donors (Lipinski definition) is 0. The molecule has 0 bridgehead atoms. The van der Waals surface area contributed by atoms with E-state index in [0.29, 0.717) is 22.4 Å². The van der Waals surface area contributed by atoms with E-state index in [1.807, 2.05) is 6.92 Å². The van der Waals surface area contributed by atoms with Gasteiger partial charge in [0.2, 0.25) is 5.95 Å². The minimum absolute atomic E-state index is 0.0652. The van der Waals surface area contributed by atoms with E-state index in [4.69, 9.17) is 8.85 Å². The van der Waals surface area contributed by atoms with Crippen molar-refractivity contribution in [2.45, 2.75) is 20.3 Å². The van der Waals surface area contributed by atoms with Crippen LogP contribution in [0.25, 0.3) is 5.69 Å². The number of ether oxygens (including phenoxy) is 1. The first kappa shape index (κ1) is 9.55. The van der Waals surface area contributed by atoms with Gasteiger partial charge in [-0.25, -0.2) is 4.98 Å². The van der Waals surface area contributed by atoms with Crippen molar-refractivity contribution >= 4 is 15.9 Å². The third-order valence-corrected chi connectivity index (χ3v) is 3.13. The van der Waals surface area contributed by atoms with E-state index in [-0.39, 0.29) is 11.4 Å². The van der Waals surface area contributed by atoms with Gasteiger partial charge in [0, 0.05) is 10.9 Å². The smallest absolute Gasteiger partial charge is 0.221 e. The Bertz CT molecular complexity index is 670. The molecule has 96 valence electrons. The van der Waals surface area contributed by atoms with Gasteiger partial charge in [0.1, 0.15) is 11.6 Å². The average molecular weight is 316 g/mol. The monoisotopic (exact) mass is 315 g/mol. The minimum atomic E-state index is -2.62. The van der Waals surface area contributed by atoms with Crippen LogP contribution in [0.15, 0.2) is 22.7 Å². The predicted octanol–water partition coefficient (Wildman–Crippen LogP) is 3.65. The summed E-state index contributed by atoms with van der Waals surface area (Å²) in [5.74, 6) is 0.0441. The molecular formula is C13H14BrFN2O. The zero-order valence-corrected chi connectivity index (χ0v) is 11.6. The highest BCUT2D eigenvalue weighted by atomic mass is 79.9. The quantitative estimate of drug-likeness (QED) is 0.864. The van der Waals surface area contributed by atoms with Crippen molar-refractivity contribution in [1.82, 2.24) is 9.55 Å². The van der Waals surface area contributed by atoms with Crippen molar-refractivity contribution in [2.75, 3.05) is 7.04 Å². The molecule has 5 heteroatoms. The Morgan fingerprint density at radius 3 is 3.00 bits per heavy atom. The Balaban J connectivity index is 2.64. The lowest BCUT2D eigenvalue weighted by atomic mass is 10.2. The molecule has 0 radical (unpaired) electrons. The van der Waals surface area contributed by atoms with E-state index in [1.165, 1.54) is 10.6 Å². The van der Waals surface area contributed by atoms with Crippen molar-refractivity contribution < 1.29 is 13.2 Å². The second kappa shape index (κ2) is 5.10. The standard InChI is InChI=1S/C13H14BrFN2O/c1-4-12-16-8(2)13(15)17(12)10-6-5-9(14)7-11(10)18-3/h5-7H,4H2,1-3H3/i3D3. The molecule has 0 saturated heterocycles. The highest BCUT2D eigenvalue weighted by molar-refractivity contribution is 9.10. The first-order chi connectivity index (χ1) is 9.73. The fourth-order valence-electron chi connectivity index (χ4n) is 1.80. The van der Waals surface area contributed by atoms with E-state index >= 15 is 0 Å². The molecule has 2 aromatic rings. The van der Waals surface area contributed by atoms with Gasteiger partial charge in [-0.2, -0.15) is 4.39 Å². The van der Waals surface area contributed by atoms with E-state index in [1.54, 1.807) is 19.1 Å². The normalized spacial score (nSPS) is 13.9. The molecule has 3 nitrogen and oxygen atoms in total. The Labute approximate surface area is 118 Å². The zero-order chi connectivity index (χ0) is 15.8. The number of aryl methyl sites for hydroxylation is 2. The first-order valence-electron chi connectivity index (χ1n) is 6.95. The van der Waals surface area contributed by atoms with Gasteiger partial charge in [0.05, 0.1) is 22.5 Å². The van der Waals surface area contributed by atoms with Gasteiger partial charge in [-0.05, 0) is 25.1 Å². The number of imidazole rings is 1. The van der Waals surface area contributed by atoms with Crippen LogP contribution in [-0.4, -0.2) is 16.6 Å². The van der Waals surface area contributed by atoms with Crippen LogP contribution in [0.2, 0.25) is 0 Å². The number of benzene rings is 1. The summed E-state index contributed by atoms with van der Waals surface area (Å²) in [6.07, 6.45) is 0.508. The zero-order valence-electron chi connectivity index (χ0n) is 13.0. The maximum atomic E-state index is 14.3. The van der Waals surface area contributed by atoms with E-state index < -0.39 is 13.0 Å². The lowest BCUT2D eigenvalue weighted by Gasteiger charge is -2.12. The molecule has 0 saturated carbocycles. The molecule has 0 unspecified atom stereocenters. The first-order valence-corrected chi connectivity index (χ1v) is 6.25. The van der Waals surface area contributed by atoms with E-state index in [2.05, 4.69) is 20.9 Å². The molecule has 0 N–H and O–H groups in total. The van der Waals surface area contributed by atoms with Crippen LogP contribution in [0.3, 0.4) is 0 Å². The van der Waals surface area contributed by atoms with Crippen molar-refractivity contribution in [3.8, 4) is 11.4 Å². The Hall–Kier alpha value is -1.36.